The Hall–Kier alpha value is -2.35. The number of rotatable bonds is 7. The van der Waals surface area contributed by atoms with Crippen molar-refractivity contribution in [1.29, 1.82) is 0 Å². The van der Waals surface area contributed by atoms with E-state index in [1.54, 1.807) is 6.92 Å². The molecule has 136 valence electrons. The second-order valence-corrected chi connectivity index (χ2v) is 5.61. The second-order valence-electron chi connectivity index (χ2n) is 5.61. The van der Waals surface area contributed by atoms with E-state index in [0.717, 1.165) is 25.1 Å². The Labute approximate surface area is 144 Å². The third kappa shape index (κ3) is 4.82. The Balaban J connectivity index is 2.12. The summed E-state index contributed by atoms with van der Waals surface area (Å²) in [5, 5.41) is 9.99. The molecule has 0 radical (unpaired) electrons. The first-order chi connectivity index (χ1) is 11.8. The van der Waals surface area contributed by atoms with Crippen LogP contribution in [0.3, 0.4) is 0 Å². The van der Waals surface area contributed by atoms with Crippen LogP contribution < -0.4 is 10.6 Å². The van der Waals surface area contributed by atoms with Gasteiger partial charge >= 0.3 is 6.18 Å². The Bertz CT molecular complexity index is 725. The first kappa shape index (κ1) is 19.0. The molecule has 0 aliphatic carbocycles. The number of amides is 1. The lowest BCUT2D eigenvalue weighted by atomic mass is 10.2. The van der Waals surface area contributed by atoms with Gasteiger partial charge in [-0.3, -0.25) is 4.79 Å². The van der Waals surface area contributed by atoms with Crippen molar-refractivity contribution in [3.8, 4) is 5.69 Å². The van der Waals surface area contributed by atoms with Crippen LogP contribution in [0.2, 0.25) is 0 Å². The highest BCUT2D eigenvalue weighted by Crippen LogP contribution is 2.30. The number of hydrogen-bond acceptors (Lipinski definition) is 3. The predicted molar refractivity (Wildman–Crippen MR) is 88.8 cm³/mol. The van der Waals surface area contributed by atoms with Crippen molar-refractivity contribution >= 4 is 5.91 Å². The molecule has 2 rings (SSSR count). The molecule has 1 aromatic carbocycles. The Morgan fingerprint density at radius 1 is 1.24 bits per heavy atom. The van der Waals surface area contributed by atoms with Gasteiger partial charge in [-0.1, -0.05) is 13.0 Å². The predicted octanol–water partition coefficient (Wildman–Crippen LogP) is 2.93. The van der Waals surface area contributed by atoms with Crippen molar-refractivity contribution in [2.75, 3.05) is 19.6 Å². The lowest BCUT2D eigenvalue weighted by molar-refractivity contribution is -0.137. The summed E-state index contributed by atoms with van der Waals surface area (Å²) in [4.78, 5) is 12.2. The van der Waals surface area contributed by atoms with Gasteiger partial charge in [0.05, 0.1) is 28.7 Å². The normalized spacial score (nSPS) is 11.6. The number of nitrogens with zero attached hydrogens (tertiary/aromatic N) is 2. The van der Waals surface area contributed by atoms with Gasteiger partial charge < -0.3 is 10.6 Å². The lowest BCUT2D eigenvalue weighted by Crippen LogP contribution is -2.32. The molecule has 0 fully saturated rings. The number of nitrogens with one attached hydrogen (secondary N) is 2. The van der Waals surface area contributed by atoms with Crippen molar-refractivity contribution in [1.82, 2.24) is 20.4 Å². The minimum Gasteiger partial charge on any atom is -0.351 e. The van der Waals surface area contributed by atoms with Gasteiger partial charge in [0, 0.05) is 13.1 Å². The second kappa shape index (κ2) is 8.15. The van der Waals surface area contributed by atoms with Crippen LogP contribution in [0, 0.1) is 6.92 Å². The Morgan fingerprint density at radius 2 is 2.00 bits per heavy atom. The maximum absolute atomic E-state index is 12.8. The molecule has 0 spiro atoms. The molecule has 25 heavy (non-hydrogen) atoms. The van der Waals surface area contributed by atoms with E-state index in [0.29, 0.717) is 24.3 Å². The standard InChI is InChI=1S/C17H21F3N4O/c1-3-7-21-8-9-22-16(25)15-11-23-24(12(15)2)14-6-4-5-13(10-14)17(18,19)20/h4-6,10-11,21H,3,7-9H2,1-2H3,(H,22,25). The molecule has 5 nitrogen and oxygen atoms in total. The topological polar surface area (TPSA) is 58.9 Å². The highest BCUT2D eigenvalue weighted by Gasteiger charge is 2.30. The zero-order valence-electron chi connectivity index (χ0n) is 14.2. The highest BCUT2D eigenvalue weighted by atomic mass is 19.4. The van der Waals surface area contributed by atoms with Gasteiger partial charge in [-0.05, 0) is 38.1 Å². The number of benzene rings is 1. The smallest absolute Gasteiger partial charge is 0.351 e. The molecule has 0 saturated heterocycles. The molecule has 2 N–H and O–H groups in total. The molecule has 1 amide bonds. The van der Waals surface area contributed by atoms with E-state index in [1.807, 2.05) is 0 Å². The maximum Gasteiger partial charge on any atom is 0.416 e. The van der Waals surface area contributed by atoms with Crippen LogP contribution in [-0.2, 0) is 6.18 Å². The van der Waals surface area contributed by atoms with E-state index in [-0.39, 0.29) is 11.6 Å². The maximum atomic E-state index is 12.8. The number of hydrogen-bond donors (Lipinski definition) is 2. The summed E-state index contributed by atoms with van der Waals surface area (Å²) in [6.45, 7) is 5.70. The number of alkyl halides is 3. The number of aromatic nitrogens is 2. The van der Waals surface area contributed by atoms with E-state index in [1.165, 1.54) is 23.0 Å². The van der Waals surface area contributed by atoms with Crippen LogP contribution in [0.4, 0.5) is 13.2 Å². The quantitative estimate of drug-likeness (QED) is 0.752. The average Bonchev–Trinajstić information content (AvgIpc) is 2.95. The molecule has 0 aliphatic heterocycles. The van der Waals surface area contributed by atoms with E-state index >= 15 is 0 Å². The Kier molecular flexibility index (Phi) is 6.19. The monoisotopic (exact) mass is 354 g/mol. The third-order valence-corrected chi connectivity index (χ3v) is 3.69. The van der Waals surface area contributed by atoms with Gasteiger partial charge in [0.1, 0.15) is 0 Å². The minimum atomic E-state index is -4.43. The molecule has 0 aliphatic rings. The summed E-state index contributed by atoms with van der Waals surface area (Å²) in [6, 6.07) is 4.85. The van der Waals surface area contributed by atoms with Gasteiger partial charge in [0.25, 0.3) is 5.91 Å². The van der Waals surface area contributed by atoms with Gasteiger partial charge in [0.15, 0.2) is 0 Å². The van der Waals surface area contributed by atoms with E-state index in [4.69, 9.17) is 0 Å². The van der Waals surface area contributed by atoms with Crippen molar-refractivity contribution in [2.24, 2.45) is 0 Å². The van der Waals surface area contributed by atoms with Crippen LogP contribution in [0.5, 0.6) is 0 Å². The van der Waals surface area contributed by atoms with Crippen LogP contribution in [0.15, 0.2) is 30.5 Å². The number of carbonyl (C=O) groups excluding carboxylic acids is 1. The molecular formula is C17H21F3N4O. The van der Waals surface area contributed by atoms with Gasteiger partial charge in [-0.25, -0.2) is 4.68 Å². The van der Waals surface area contributed by atoms with Gasteiger partial charge in [0.2, 0.25) is 0 Å². The average molecular weight is 354 g/mol. The van der Waals surface area contributed by atoms with Crippen LogP contribution in [-0.4, -0.2) is 35.3 Å². The zero-order valence-corrected chi connectivity index (χ0v) is 14.2. The van der Waals surface area contributed by atoms with Crippen LogP contribution in [0.1, 0.15) is 35.0 Å². The Morgan fingerprint density at radius 3 is 2.68 bits per heavy atom. The summed E-state index contributed by atoms with van der Waals surface area (Å²) in [5.41, 5.74) is 0.329. The molecule has 1 heterocycles. The van der Waals surface area contributed by atoms with Gasteiger partial charge in [-0.2, -0.15) is 18.3 Å². The molecule has 8 heteroatoms. The molecule has 0 bridgehead atoms. The number of halogens is 3. The molecule has 1 aromatic heterocycles. The molecule has 0 atom stereocenters. The first-order valence-corrected chi connectivity index (χ1v) is 8.05. The fraction of sp³-hybridized carbons (Fsp3) is 0.412. The lowest BCUT2D eigenvalue weighted by Gasteiger charge is -2.10. The zero-order chi connectivity index (χ0) is 18.4. The van der Waals surface area contributed by atoms with E-state index in [2.05, 4.69) is 22.7 Å². The van der Waals surface area contributed by atoms with E-state index in [9.17, 15) is 18.0 Å². The van der Waals surface area contributed by atoms with Crippen molar-refractivity contribution in [3.63, 3.8) is 0 Å². The van der Waals surface area contributed by atoms with Crippen LogP contribution in [0.25, 0.3) is 5.69 Å². The fourth-order valence-electron chi connectivity index (χ4n) is 2.37. The first-order valence-electron chi connectivity index (χ1n) is 8.05. The number of carbonyl (C=O) groups is 1. The summed E-state index contributed by atoms with van der Waals surface area (Å²) >= 11 is 0. The van der Waals surface area contributed by atoms with E-state index < -0.39 is 11.7 Å². The molecule has 0 saturated carbocycles. The van der Waals surface area contributed by atoms with Crippen LogP contribution >= 0.6 is 0 Å². The summed E-state index contributed by atoms with van der Waals surface area (Å²) in [5.74, 6) is -0.297. The molecule has 2 aromatic rings. The molecular weight excluding hydrogens is 333 g/mol. The molecule has 0 unspecified atom stereocenters. The minimum absolute atomic E-state index is 0.260. The summed E-state index contributed by atoms with van der Waals surface area (Å²) in [6.07, 6.45) is -2.05. The van der Waals surface area contributed by atoms with Crippen molar-refractivity contribution < 1.29 is 18.0 Å². The van der Waals surface area contributed by atoms with Gasteiger partial charge in [-0.15, -0.1) is 0 Å². The summed E-state index contributed by atoms with van der Waals surface area (Å²) < 4.78 is 39.9. The fourth-order valence-corrected chi connectivity index (χ4v) is 2.37. The highest BCUT2D eigenvalue weighted by molar-refractivity contribution is 5.95. The van der Waals surface area contributed by atoms with Crippen molar-refractivity contribution in [3.05, 3.63) is 47.3 Å². The third-order valence-electron chi connectivity index (χ3n) is 3.69. The summed E-state index contributed by atoms with van der Waals surface area (Å²) in [7, 11) is 0. The largest absolute Gasteiger partial charge is 0.416 e. The SMILES string of the molecule is CCCNCCNC(=O)c1cnn(-c2cccc(C(F)(F)F)c2)c1C. The van der Waals surface area contributed by atoms with Crippen molar-refractivity contribution in [2.45, 2.75) is 26.4 Å².